The standard InChI is InChI=1S/C16H11ClN2O2S/c1-10(20)19(13-8-4-3-7-12(13)17)18-16-15(21)11-6-2-5-9-14(11)22-16/h2-9H,1H3/b18-16+. The van der Waals surface area contributed by atoms with Gasteiger partial charge in [-0.15, -0.1) is 0 Å². The molecular formula is C16H11ClN2O2S. The van der Waals surface area contributed by atoms with Gasteiger partial charge in [-0.3, -0.25) is 9.59 Å². The zero-order valence-electron chi connectivity index (χ0n) is 11.6. The molecule has 0 radical (unpaired) electrons. The molecule has 0 atom stereocenters. The number of fused-ring (bicyclic) bond motifs is 1. The molecule has 1 aliphatic heterocycles. The molecule has 1 aliphatic rings. The Kier molecular flexibility index (Phi) is 4.00. The van der Waals surface area contributed by atoms with Gasteiger partial charge in [0.05, 0.1) is 10.7 Å². The van der Waals surface area contributed by atoms with Crippen molar-refractivity contribution < 1.29 is 9.59 Å². The summed E-state index contributed by atoms with van der Waals surface area (Å²) in [6, 6.07) is 14.2. The van der Waals surface area contributed by atoms with Crippen LogP contribution in [0, 0.1) is 0 Å². The van der Waals surface area contributed by atoms with Crippen LogP contribution in [0.3, 0.4) is 0 Å². The number of amides is 1. The van der Waals surface area contributed by atoms with Gasteiger partial charge < -0.3 is 0 Å². The highest BCUT2D eigenvalue weighted by Gasteiger charge is 2.29. The number of halogens is 1. The Morgan fingerprint density at radius 1 is 1.14 bits per heavy atom. The molecule has 110 valence electrons. The van der Waals surface area contributed by atoms with Crippen LogP contribution in [0.2, 0.25) is 5.02 Å². The zero-order chi connectivity index (χ0) is 15.7. The largest absolute Gasteiger partial charge is 0.286 e. The maximum atomic E-state index is 12.3. The molecule has 2 aromatic rings. The molecule has 3 rings (SSSR count). The van der Waals surface area contributed by atoms with E-state index in [0.717, 1.165) is 9.90 Å². The fourth-order valence-electron chi connectivity index (χ4n) is 2.08. The molecule has 4 nitrogen and oxygen atoms in total. The maximum Gasteiger partial charge on any atom is 0.244 e. The van der Waals surface area contributed by atoms with Crippen LogP contribution in [0.25, 0.3) is 0 Å². The third kappa shape index (κ3) is 2.65. The van der Waals surface area contributed by atoms with E-state index < -0.39 is 0 Å². The van der Waals surface area contributed by atoms with Crippen molar-refractivity contribution in [1.29, 1.82) is 0 Å². The number of hydrazone groups is 1. The lowest BCUT2D eigenvalue weighted by Crippen LogP contribution is -2.25. The highest BCUT2D eigenvalue weighted by Crippen LogP contribution is 2.34. The number of anilines is 1. The third-order valence-corrected chi connectivity index (χ3v) is 4.46. The number of ketones is 1. The summed E-state index contributed by atoms with van der Waals surface area (Å²) in [5, 5.41) is 6.05. The third-order valence-electron chi connectivity index (χ3n) is 3.10. The van der Waals surface area contributed by atoms with Crippen molar-refractivity contribution in [2.24, 2.45) is 5.10 Å². The first-order valence-electron chi connectivity index (χ1n) is 6.53. The monoisotopic (exact) mass is 330 g/mol. The zero-order valence-corrected chi connectivity index (χ0v) is 13.2. The van der Waals surface area contributed by atoms with E-state index in [-0.39, 0.29) is 16.7 Å². The van der Waals surface area contributed by atoms with E-state index in [2.05, 4.69) is 5.10 Å². The fraction of sp³-hybridized carbons (Fsp3) is 0.0625. The van der Waals surface area contributed by atoms with Crippen LogP contribution >= 0.6 is 23.4 Å². The average Bonchev–Trinajstić information content (AvgIpc) is 2.82. The minimum Gasteiger partial charge on any atom is -0.286 e. The SMILES string of the molecule is CC(=O)N(/N=C1/Sc2ccccc2C1=O)c1ccccc1Cl. The molecule has 0 N–H and O–H groups in total. The minimum absolute atomic E-state index is 0.182. The Labute approximate surface area is 136 Å². The van der Waals surface area contributed by atoms with Gasteiger partial charge in [-0.25, -0.2) is 0 Å². The Morgan fingerprint density at radius 2 is 1.82 bits per heavy atom. The van der Waals surface area contributed by atoms with Crippen molar-refractivity contribution in [2.45, 2.75) is 11.8 Å². The summed E-state index contributed by atoms with van der Waals surface area (Å²) in [6.07, 6.45) is 0. The van der Waals surface area contributed by atoms with Gasteiger partial charge in [0.25, 0.3) is 0 Å². The van der Waals surface area contributed by atoms with E-state index >= 15 is 0 Å². The number of benzene rings is 2. The average molecular weight is 331 g/mol. The second-order valence-electron chi connectivity index (χ2n) is 4.61. The van der Waals surface area contributed by atoms with Crippen molar-refractivity contribution in [3.05, 3.63) is 59.1 Å². The van der Waals surface area contributed by atoms with Gasteiger partial charge in [-0.05, 0) is 24.3 Å². The van der Waals surface area contributed by atoms with E-state index in [1.165, 1.54) is 18.7 Å². The van der Waals surface area contributed by atoms with Crippen LogP contribution in [-0.4, -0.2) is 16.7 Å². The maximum absolute atomic E-state index is 12.3. The van der Waals surface area contributed by atoms with E-state index in [9.17, 15) is 9.59 Å². The number of Topliss-reactive ketones (excluding diaryl/α,β-unsaturated/α-hetero) is 1. The Bertz CT molecular complexity index is 804. The molecule has 0 saturated heterocycles. The molecule has 1 heterocycles. The van der Waals surface area contributed by atoms with Crippen LogP contribution in [0.4, 0.5) is 5.69 Å². The van der Waals surface area contributed by atoms with Crippen LogP contribution in [0.15, 0.2) is 58.5 Å². The first kappa shape index (κ1) is 14.8. The van der Waals surface area contributed by atoms with Gasteiger partial charge in [0, 0.05) is 17.4 Å². The predicted octanol–water partition coefficient (Wildman–Crippen LogP) is 4.00. The quantitative estimate of drug-likeness (QED) is 0.782. The molecule has 0 saturated carbocycles. The number of thioether (sulfide) groups is 1. The molecular weight excluding hydrogens is 320 g/mol. The molecule has 0 spiro atoms. The van der Waals surface area contributed by atoms with Crippen molar-refractivity contribution in [3.8, 4) is 0 Å². The second-order valence-corrected chi connectivity index (χ2v) is 6.05. The Hall–Kier alpha value is -2.11. The first-order valence-corrected chi connectivity index (χ1v) is 7.73. The van der Waals surface area contributed by atoms with Crippen molar-refractivity contribution >= 4 is 45.8 Å². The van der Waals surface area contributed by atoms with Crippen LogP contribution in [0.1, 0.15) is 17.3 Å². The summed E-state index contributed by atoms with van der Waals surface area (Å²) in [7, 11) is 0. The normalized spacial score (nSPS) is 15.0. The van der Waals surface area contributed by atoms with Crippen molar-refractivity contribution in [2.75, 3.05) is 5.01 Å². The second kappa shape index (κ2) is 5.94. The number of hydrogen-bond donors (Lipinski definition) is 0. The molecule has 2 aromatic carbocycles. The number of carbonyl (C=O) groups is 2. The molecule has 0 aliphatic carbocycles. The molecule has 1 amide bonds. The number of carbonyl (C=O) groups excluding carboxylic acids is 2. The van der Waals surface area contributed by atoms with E-state index in [0.29, 0.717) is 16.3 Å². The van der Waals surface area contributed by atoms with Crippen LogP contribution < -0.4 is 5.01 Å². The molecule has 6 heteroatoms. The van der Waals surface area contributed by atoms with Crippen molar-refractivity contribution in [1.82, 2.24) is 0 Å². The number of nitrogens with zero attached hydrogens (tertiary/aromatic N) is 2. The molecule has 0 unspecified atom stereocenters. The Balaban J connectivity index is 2.01. The molecule has 0 bridgehead atoms. The van der Waals surface area contributed by atoms with E-state index in [1.54, 1.807) is 36.4 Å². The summed E-state index contributed by atoms with van der Waals surface area (Å²) in [5.74, 6) is -0.496. The minimum atomic E-state index is -0.315. The van der Waals surface area contributed by atoms with Gasteiger partial charge in [-0.2, -0.15) is 10.1 Å². The smallest absolute Gasteiger partial charge is 0.244 e. The van der Waals surface area contributed by atoms with E-state index in [4.69, 9.17) is 11.6 Å². The van der Waals surface area contributed by atoms with Gasteiger partial charge in [0.15, 0.2) is 5.04 Å². The lowest BCUT2D eigenvalue weighted by molar-refractivity contribution is -0.116. The predicted molar refractivity (Wildman–Crippen MR) is 88.7 cm³/mol. The first-order chi connectivity index (χ1) is 10.6. The summed E-state index contributed by atoms with van der Waals surface area (Å²) in [6.45, 7) is 1.38. The fourth-order valence-corrected chi connectivity index (χ4v) is 3.25. The van der Waals surface area contributed by atoms with Gasteiger partial charge >= 0.3 is 0 Å². The summed E-state index contributed by atoms with van der Waals surface area (Å²) in [4.78, 5) is 25.1. The van der Waals surface area contributed by atoms with Gasteiger partial charge in [0.2, 0.25) is 11.7 Å². The van der Waals surface area contributed by atoms with E-state index in [1.807, 2.05) is 12.1 Å². The number of para-hydroxylation sites is 1. The molecule has 0 aromatic heterocycles. The van der Waals surface area contributed by atoms with Crippen LogP contribution in [0.5, 0.6) is 0 Å². The summed E-state index contributed by atoms with van der Waals surface area (Å²) < 4.78 is 0. The lowest BCUT2D eigenvalue weighted by Gasteiger charge is -2.16. The lowest BCUT2D eigenvalue weighted by atomic mass is 10.1. The van der Waals surface area contributed by atoms with Gasteiger partial charge in [0.1, 0.15) is 0 Å². The highest BCUT2D eigenvalue weighted by molar-refractivity contribution is 8.16. The van der Waals surface area contributed by atoms with Crippen LogP contribution in [-0.2, 0) is 4.79 Å². The summed E-state index contributed by atoms with van der Waals surface area (Å²) >= 11 is 7.37. The summed E-state index contributed by atoms with van der Waals surface area (Å²) in [5.41, 5.74) is 1.06. The number of rotatable bonds is 2. The Morgan fingerprint density at radius 3 is 2.50 bits per heavy atom. The van der Waals surface area contributed by atoms with Crippen molar-refractivity contribution in [3.63, 3.8) is 0 Å². The highest BCUT2D eigenvalue weighted by atomic mass is 35.5. The topological polar surface area (TPSA) is 49.7 Å². The molecule has 22 heavy (non-hydrogen) atoms. The van der Waals surface area contributed by atoms with Gasteiger partial charge in [-0.1, -0.05) is 47.6 Å². The molecule has 0 fully saturated rings. The number of hydrogen-bond acceptors (Lipinski definition) is 4.